The predicted molar refractivity (Wildman–Crippen MR) is 78.6 cm³/mol. The maximum absolute atomic E-state index is 12.1. The second-order valence-electron chi connectivity index (χ2n) is 4.59. The quantitative estimate of drug-likeness (QED) is 0.726. The van der Waals surface area contributed by atoms with Gasteiger partial charge in [-0.1, -0.05) is 18.2 Å². The van der Waals surface area contributed by atoms with Gasteiger partial charge in [-0.2, -0.15) is 0 Å². The van der Waals surface area contributed by atoms with Crippen molar-refractivity contribution in [1.82, 2.24) is 9.97 Å². The third kappa shape index (κ3) is 2.45. The number of aromatic amines is 1. The molecule has 6 nitrogen and oxygen atoms in total. The van der Waals surface area contributed by atoms with E-state index in [9.17, 15) is 14.6 Å². The monoisotopic (exact) mass is 291 g/mol. The molecule has 1 aliphatic heterocycles. The molecule has 0 amide bonds. The number of para-hydroxylation sites is 2. The molecule has 0 saturated carbocycles. The number of fused-ring (bicyclic) bond motifs is 1. The van der Waals surface area contributed by atoms with E-state index in [2.05, 4.69) is 9.97 Å². The molecular formula is C13H14N3O3P. The highest BCUT2D eigenvalue weighted by Crippen LogP contribution is 2.39. The Labute approximate surface area is 116 Å². The molecule has 1 aliphatic rings. The van der Waals surface area contributed by atoms with Crippen LogP contribution in [0.1, 0.15) is 6.42 Å². The molecule has 0 atom stereocenters. The van der Waals surface area contributed by atoms with Gasteiger partial charge in [-0.05, 0) is 18.6 Å². The maximum atomic E-state index is 12.1. The molecule has 0 saturated heterocycles. The average molecular weight is 291 g/mol. The van der Waals surface area contributed by atoms with Gasteiger partial charge in [0.1, 0.15) is 0 Å². The minimum atomic E-state index is -2.01. The summed E-state index contributed by atoms with van der Waals surface area (Å²) >= 11 is 0. The molecular weight excluding hydrogens is 277 g/mol. The molecule has 7 heteroatoms. The van der Waals surface area contributed by atoms with Crippen LogP contribution in [0, 0.1) is 0 Å². The van der Waals surface area contributed by atoms with Crippen molar-refractivity contribution in [3.8, 4) is 0 Å². The van der Waals surface area contributed by atoms with Gasteiger partial charge in [0.05, 0.1) is 11.0 Å². The van der Waals surface area contributed by atoms with Gasteiger partial charge in [0.25, 0.3) is 5.56 Å². The first kappa shape index (κ1) is 13.2. The van der Waals surface area contributed by atoms with E-state index in [1.165, 1.54) is 0 Å². The van der Waals surface area contributed by atoms with Gasteiger partial charge in [-0.3, -0.25) is 4.79 Å². The molecule has 0 spiro atoms. The van der Waals surface area contributed by atoms with Crippen molar-refractivity contribution in [1.29, 1.82) is 0 Å². The van der Waals surface area contributed by atoms with Crippen molar-refractivity contribution < 1.29 is 9.79 Å². The van der Waals surface area contributed by atoms with Gasteiger partial charge >= 0.3 is 0 Å². The molecule has 2 heterocycles. The summed E-state index contributed by atoms with van der Waals surface area (Å²) in [6.07, 6.45) is 2.29. The molecule has 0 unspecified atom stereocenters. The average Bonchev–Trinajstić information content (AvgIpc) is 2.46. The lowest BCUT2D eigenvalue weighted by atomic mass is 10.2. The second kappa shape index (κ2) is 5.32. The van der Waals surface area contributed by atoms with E-state index in [-0.39, 0.29) is 5.56 Å². The Morgan fingerprint density at radius 2 is 2.10 bits per heavy atom. The lowest BCUT2D eigenvalue weighted by molar-refractivity contribution is 0.488. The van der Waals surface area contributed by atoms with Crippen molar-refractivity contribution in [3.05, 3.63) is 46.0 Å². The summed E-state index contributed by atoms with van der Waals surface area (Å²) in [5, 5.41) is 0.647. The Hall–Kier alpha value is -1.75. The molecule has 2 aromatic rings. The van der Waals surface area contributed by atoms with E-state index in [1.54, 1.807) is 6.08 Å². The zero-order valence-corrected chi connectivity index (χ0v) is 11.5. The molecule has 0 fully saturated rings. The Balaban J connectivity index is 1.95. The summed E-state index contributed by atoms with van der Waals surface area (Å²) in [4.78, 5) is 39.5. The number of aromatic nitrogens is 2. The summed E-state index contributed by atoms with van der Waals surface area (Å²) in [6.45, 7) is 1.02. The minimum Gasteiger partial charge on any atom is -0.348 e. The first-order valence-corrected chi connectivity index (χ1v) is 7.51. The maximum Gasteiger partial charge on any atom is 0.291 e. The van der Waals surface area contributed by atoms with Crippen molar-refractivity contribution in [3.63, 3.8) is 0 Å². The fraction of sp³-hybridized carbons (Fsp3) is 0.231. The van der Waals surface area contributed by atoms with E-state index >= 15 is 0 Å². The van der Waals surface area contributed by atoms with Crippen LogP contribution >= 0.6 is 8.38 Å². The SMILES string of the molecule is O=c1[nH]c2ccccc2nc1N1CC=C(P(O)O)CC1. The molecule has 0 radical (unpaired) electrons. The first-order chi connectivity index (χ1) is 9.65. The van der Waals surface area contributed by atoms with E-state index < -0.39 is 8.38 Å². The van der Waals surface area contributed by atoms with Crippen molar-refractivity contribution in [2.24, 2.45) is 0 Å². The number of anilines is 1. The highest BCUT2D eigenvalue weighted by Gasteiger charge is 2.19. The summed E-state index contributed by atoms with van der Waals surface area (Å²) in [7, 11) is -2.01. The Morgan fingerprint density at radius 1 is 1.30 bits per heavy atom. The molecule has 20 heavy (non-hydrogen) atoms. The van der Waals surface area contributed by atoms with E-state index in [4.69, 9.17) is 0 Å². The van der Waals surface area contributed by atoms with Gasteiger partial charge in [-0.15, -0.1) is 0 Å². The van der Waals surface area contributed by atoms with Crippen LogP contribution in [-0.4, -0.2) is 32.8 Å². The highest BCUT2D eigenvalue weighted by molar-refractivity contribution is 7.50. The number of hydrogen-bond donors (Lipinski definition) is 3. The van der Waals surface area contributed by atoms with Crippen LogP contribution in [0.25, 0.3) is 11.0 Å². The lowest BCUT2D eigenvalue weighted by Crippen LogP contribution is -2.34. The smallest absolute Gasteiger partial charge is 0.291 e. The van der Waals surface area contributed by atoms with Crippen LogP contribution in [0.2, 0.25) is 0 Å². The van der Waals surface area contributed by atoms with Crippen LogP contribution in [-0.2, 0) is 0 Å². The molecule has 3 rings (SSSR count). The number of hydrogen-bond acceptors (Lipinski definition) is 5. The number of benzene rings is 1. The summed E-state index contributed by atoms with van der Waals surface area (Å²) in [5.41, 5.74) is 1.22. The zero-order valence-electron chi connectivity index (χ0n) is 10.7. The topological polar surface area (TPSA) is 89.5 Å². The third-order valence-electron chi connectivity index (χ3n) is 3.32. The number of nitrogens with one attached hydrogen (secondary N) is 1. The van der Waals surface area contributed by atoms with Crippen molar-refractivity contribution in [2.45, 2.75) is 6.42 Å². The molecule has 0 bridgehead atoms. The minimum absolute atomic E-state index is 0.226. The van der Waals surface area contributed by atoms with E-state index in [1.807, 2.05) is 29.2 Å². The van der Waals surface area contributed by atoms with Gasteiger partial charge < -0.3 is 19.7 Å². The van der Waals surface area contributed by atoms with Gasteiger partial charge in [0, 0.05) is 18.4 Å². The third-order valence-corrected chi connectivity index (χ3v) is 4.24. The van der Waals surface area contributed by atoms with Crippen LogP contribution in [0.3, 0.4) is 0 Å². The molecule has 1 aromatic carbocycles. The number of H-pyrrole nitrogens is 1. The standard InChI is InChI=1S/C13H14N3O3P/c17-13-12(14-10-3-1-2-4-11(10)15-13)16-7-5-9(6-8-16)20(18)19/h1-5,18-19H,6-8H2,(H,15,17). The van der Waals surface area contributed by atoms with Crippen LogP contribution in [0.4, 0.5) is 5.82 Å². The van der Waals surface area contributed by atoms with E-state index in [0.717, 1.165) is 5.52 Å². The van der Waals surface area contributed by atoms with E-state index in [0.29, 0.717) is 36.2 Å². The largest absolute Gasteiger partial charge is 0.348 e. The number of nitrogens with zero attached hydrogens (tertiary/aromatic N) is 2. The lowest BCUT2D eigenvalue weighted by Gasteiger charge is -2.26. The first-order valence-electron chi connectivity index (χ1n) is 6.26. The molecule has 1 aromatic heterocycles. The van der Waals surface area contributed by atoms with Gasteiger partial charge in [0.2, 0.25) is 0 Å². The van der Waals surface area contributed by atoms with Crippen LogP contribution < -0.4 is 10.5 Å². The fourth-order valence-electron chi connectivity index (χ4n) is 2.27. The highest BCUT2D eigenvalue weighted by atomic mass is 31.2. The molecule has 0 aliphatic carbocycles. The Kier molecular flexibility index (Phi) is 3.53. The van der Waals surface area contributed by atoms with Crippen LogP contribution in [0.15, 0.2) is 40.5 Å². The second-order valence-corrected chi connectivity index (χ2v) is 5.74. The Morgan fingerprint density at radius 3 is 2.80 bits per heavy atom. The summed E-state index contributed by atoms with van der Waals surface area (Å²) in [6, 6.07) is 7.38. The van der Waals surface area contributed by atoms with Gasteiger partial charge in [-0.25, -0.2) is 4.98 Å². The van der Waals surface area contributed by atoms with Crippen molar-refractivity contribution >= 4 is 25.2 Å². The van der Waals surface area contributed by atoms with Crippen molar-refractivity contribution in [2.75, 3.05) is 18.0 Å². The fourth-order valence-corrected chi connectivity index (χ4v) is 2.81. The predicted octanol–water partition coefficient (Wildman–Crippen LogP) is 1.31. The Bertz CT molecular complexity index is 726. The summed E-state index contributed by atoms with van der Waals surface area (Å²) < 4.78 is 0. The zero-order chi connectivity index (χ0) is 14.1. The molecule has 104 valence electrons. The normalized spacial score (nSPS) is 15.8. The van der Waals surface area contributed by atoms with Gasteiger partial charge in [0.15, 0.2) is 14.2 Å². The summed E-state index contributed by atoms with van der Waals surface area (Å²) in [5.74, 6) is 0.374. The molecule has 3 N–H and O–H groups in total. The van der Waals surface area contributed by atoms with Crippen LogP contribution in [0.5, 0.6) is 0 Å². The number of rotatable bonds is 2.